The van der Waals surface area contributed by atoms with Crippen LogP contribution >= 0.6 is 0 Å². The van der Waals surface area contributed by atoms with Gasteiger partial charge in [0.25, 0.3) is 11.8 Å². The van der Waals surface area contributed by atoms with Crippen molar-refractivity contribution in [2.75, 3.05) is 49.6 Å². The number of anilines is 2. The standard InChI is InChI=1S/C23H26N4O4/c1-24-19-15-16(7-8-17(19)27-9-3-2-5-18(27)22(24)29)21(28)25-10-12-26(13-11-25)23(30)20-6-4-14-31-20/h4,6-8,14-15,18H,2-3,5,9-13H2,1H3/t18-/m0/s1. The molecule has 1 aromatic carbocycles. The first kappa shape index (κ1) is 19.7. The lowest BCUT2D eigenvalue weighted by Crippen LogP contribution is -2.54. The zero-order valence-corrected chi connectivity index (χ0v) is 17.6. The molecular formula is C23H26N4O4. The fourth-order valence-electron chi connectivity index (χ4n) is 4.84. The van der Waals surface area contributed by atoms with Gasteiger partial charge in [0.1, 0.15) is 6.04 Å². The number of hydrogen-bond acceptors (Lipinski definition) is 5. The molecule has 3 amide bonds. The maximum Gasteiger partial charge on any atom is 0.289 e. The number of carbonyl (C=O) groups excluding carboxylic acids is 3. The lowest BCUT2D eigenvalue weighted by molar-refractivity contribution is -0.120. The number of likely N-dealkylation sites (N-methyl/N-ethyl adjacent to an activating group) is 1. The van der Waals surface area contributed by atoms with Crippen LogP contribution in [-0.2, 0) is 4.79 Å². The number of carbonyl (C=O) groups is 3. The van der Waals surface area contributed by atoms with E-state index in [1.54, 1.807) is 33.9 Å². The van der Waals surface area contributed by atoms with Crippen molar-refractivity contribution in [1.82, 2.24) is 9.80 Å². The molecule has 162 valence electrons. The molecule has 31 heavy (non-hydrogen) atoms. The predicted octanol–water partition coefficient (Wildman–Crippen LogP) is 2.21. The number of hydrogen-bond donors (Lipinski definition) is 0. The van der Waals surface area contributed by atoms with Gasteiger partial charge in [0.05, 0.1) is 17.6 Å². The summed E-state index contributed by atoms with van der Waals surface area (Å²) in [6.07, 6.45) is 4.51. The maximum atomic E-state index is 13.1. The molecule has 0 unspecified atom stereocenters. The Morgan fingerprint density at radius 1 is 0.935 bits per heavy atom. The van der Waals surface area contributed by atoms with E-state index in [0.29, 0.717) is 37.5 Å². The summed E-state index contributed by atoms with van der Waals surface area (Å²) in [5.41, 5.74) is 2.39. The molecule has 0 saturated carbocycles. The van der Waals surface area contributed by atoms with Gasteiger partial charge in [-0.05, 0) is 49.6 Å². The SMILES string of the molecule is CN1C(=O)[C@@H]2CCCCN2c2ccc(C(=O)N3CCN(C(=O)c4ccco4)CC3)cc21. The minimum Gasteiger partial charge on any atom is -0.459 e. The summed E-state index contributed by atoms with van der Waals surface area (Å²) < 4.78 is 5.19. The topological polar surface area (TPSA) is 77.3 Å². The van der Waals surface area contributed by atoms with Crippen LogP contribution in [0.1, 0.15) is 40.2 Å². The monoisotopic (exact) mass is 422 g/mol. The van der Waals surface area contributed by atoms with Crippen LogP contribution in [0.4, 0.5) is 11.4 Å². The van der Waals surface area contributed by atoms with Gasteiger partial charge in [0, 0.05) is 45.3 Å². The first-order valence-corrected chi connectivity index (χ1v) is 10.8. The first-order valence-electron chi connectivity index (χ1n) is 10.8. The van der Waals surface area contributed by atoms with Gasteiger partial charge in [-0.1, -0.05) is 0 Å². The molecule has 2 aromatic rings. The number of fused-ring (bicyclic) bond motifs is 3. The molecule has 8 nitrogen and oxygen atoms in total. The van der Waals surface area contributed by atoms with Gasteiger partial charge in [-0.15, -0.1) is 0 Å². The third-order valence-corrected chi connectivity index (χ3v) is 6.60. The molecule has 0 spiro atoms. The molecule has 3 aliphatic heterocycles. The number of piperidine rings is 1. The van der Waals surface area contributed by atoms with E-state index in [-0.39, 0.29) is 23.8 Å². The second kappa shape index (κ2) is 7.76. The zero-order valence-electron chi connectivity index (χ0n) is 17.6. The molecule has 5 rings (SSSR count). The fourth-order valence-corrected chi connectivity index (χ4v) is 4.84. The number of amides is 3. The van der Waals surface area contributed by atoms with Crippen LogP contribution in [-0.4, -0.2) is 73.3 Å². The Morgan fingerprint density at radius 2 is 1.68 bits per heavy atom. The highest BCUT2D eigenvalue weighted by Crippen LogP contribution is 2.39. The number of benzene rings is 1. The average Bonchev–Trinajstić information content (AvgIpc) is 3.36. The molecule has 0 N–H and O–H groups in total. The van der Waals surface area contributed by atoms with E-state index in [0.717, 1.165) is 37.2 Å². The quantitative estimate of drug-likeness (QED) is 0.742. The summed E-state index contributed by atoms with van der Waals surface area (Å²) in [6.45, 7) is 2.72. The van der Waals surface area contributed by atoms with E-state index >= 15 is 0 Å². The molecule has 1 atom stereocenters. The van der Waals surface area contributed by atoms with Crippen LogP contribution in [0.25, 0.3) is 0 Å². The Labute approximate surface area is 181 Å². The minimum absolute atomic E-state index is 0.0745. The van der Waals surface area contributed by atoms with E-state index in [1.165, 1.54) is 6.26 Å². The van der Waals surface area contributed by atoms with Crippen LogP contribution in [0, 0.1) is 0 Å². The summed E-state index contributed by atoms with van der Waals surface area (Å²) in [7, 11) is 1.79. The van der Waals surface area contributed by atoms with E-state index in [1.807, 2.05) is 18.2 Å². The summed E-state index contributed by atoms with van der Waals surface area (Å²) in [5, 5.41) is 0. The van der Waals surface area contributed by atoms with Crippen molar-refractivity contribution in [3.05, 3.63) is 47.9 Å². The van der Waals surface area contributed by atoms with Gasteiger partial charge >= 0.3 is 0 Å². The van der Waals surface area contributed by atoms with E-state index in [4.69, 9.17) is 4.42 Å². The molecule has 0 radical (unpaired) electrons. The molecule has 2 saturated heterocycles. The van der Waals surface area contributed by atoms with Crippen molar-refractivity contribution >= 4 is 29.1 Å². The third kappa shape index (κ3) is 3.36. The van der Waals surface area contributed by atoms with Crippen LogP contribution in [0.5, 0.6) is 0 Å². The van der Waals surface area contributed by atoms with Crippen molar-refractivity contribution < 1.29 is 18.8 Å². The molecule has 3 aliphatic rings. The summed E-state index contributed by atoms with van der Waals surface area (Å²) in [6, 6.07) is 8.92. The summed E-state index contributed by atoms with van der Waals surface area (Å²) >= 11 is 0. The van der Waals surface area contributed by atoms with Crippen molar-refractivity contribution in [2.45, 2.75) is 25.3 Å². The van der Waals surface area contributed by atoms with Crippen molar-refractivity contribution in [3.63, 3.8) is 0 Å². The Kier molecular flexibility index (Phi) is 4.92. The van der Waals surface area contributed by atoms with Crippen LogP contribution in [0.3, 0.4) is 0 Å². The zero-order chi connectivity index (χ0) is 21.5. The first-order chi connectivity index (χ1) is 15.0. The molecule has 0 bridgehead atoms. The summed E-state index contributed by atoms with van der Waals surface area (Å²) in [5.74, 6) is 0.191. The van der Waals surface area contributed by atoms with Crippen LogP contribution < -0.4 is 9.80 Å². The molecule has 1 aromatic heterocycles. The Balaban J connectivity index is 1.31. The largest absolute Gasteiger partial charge is 0.459 e. The Hall–Kier alpha value is -3.29. The van der Waals surface area contributed by atoms with Crippen molar-refractivity contribution in [3.8, 4) is 0 Å². The molecular weight excluding hydrogens is 396 g/mol. The maximum absolute atomic E-state index is 13.1. The second-order valence-corrected chi connectivity index (χ2v) is 8.37. The number of nitrogens with zero attached hydrogens (tertiary/aromatic N) is 4. The fraction of sp³-hybridized carbons (Fsp3) is 0.435. The lowest BCUT2D eigenvalue weighted by Gasteiger charge is -2.44. The van der Waals surface area contributed by atoms with Crippen molar-refractivity contribution in [2.24, 2.45) is 0 Å². The minimum atomic E-state index is -0.151. The molecule has 0 aliphatic carbocycles. The van der Waals surface area contributed by atoms with Gasteiger partial charge in [-0.25, -0.2) is 0 Å². The highest BCUT2D eigenvalue weighted by molar-refractivity contribution is 6.07. The lowest BCUT2D eigenvalue weighted by atomic mass is 9.95. The second-order valence-electron chi connectivity index (χ2n) is 8.37. The smallest absolute Gasteiger partial charge is 0.289 e. The number of piperazine rings is 1. The predicted molar refractivity (Wildman–Crippen MR) is 115 cm³/mol. The van der Waals surface area contributed by atoms with Gasteiger partial charge in [0.15, 0.2) is 5.76 Å². The molecule has 2 fully saturated rings. The van der Waals surface area contributed by atoms with E-state index in [2.05, 4.69) is 4.90 Å². The Bertz CT molecular complexity index is 1010. The van der Waals surface area contributed by atoms with Crippen LogP contribution in [0.15, 0.2) is 41.0 Å². The van der Waals surface area contributed by atoms with Crippen LogP contribution in [0.2, 0.25) is 0 Å². The molecule has 8 heteroatoms. The number of furan rings is 1. The average molecular weight is 422 g/mol. The third-order valence-electron chi connectivity index (χ3n) is 6.60. The Morgan fingerprint density at radius 3 is 2.39 bits per heavy atom. The highest BCUT2D eigenvalue weighted by atomic mass is 16.3. The van der Waals surface area contributed by atoms with Crippen molar-refractivity contribution in [1.29, 1.82) is 0 Å². The van der Waals surface area contributed by atoms with E-state index < -0.39 is 0 Å². The van der Waals surface area contributed by atoms with E-state index in [9.17, 15) is 14.4 Å². The van der Waals surface area contributed by atoms with Gasteiger partial charge in [0.2, 0.25) is 5.91 Å². The van der Waals surface area contributed by atoms with Gasteiger partial charge in [-0.2, -0.15) is 0 Å². The number of rotatable bonds is 2. The van der Waals surface area contributed by atoms with Gasteiger partial charge in [-0.3, -0.25) is 14.4 Å². The molecule has 4 heterocycles. The normalized spacial score (nSPS) is 21.1. The highest BCUT2D eigenvalue weighted by Gasteiger charge is 2.38. The van der Waals surface area contributed by atoms with Gasteiger partial charge < -0.3 is 24.0 Å². The summed E-state index contributed by atoms with van der Waals surface area (Å²) in [4.78, 5) is 45.8.